The van der Waals surface area contributed by atoms with Gasteiger partial charge in [0.2, 0.25) is 0 Å². The first kappa shape index (κ1) is 32.2. The quantitative estimate of drug-likeness (QED) is 0.154. The first-order valence-corrected chi connectivity index (χ1v) is 13.0. The van der Waals surface area contributed by atoms with Gasteiger partial charge in [0.25, 0.3) is 0 Å². The molecule has 0 atom stereocenters. The average Bonchev–Trinajstić information content (AvgIpc) is 2.64. The fourth-order valence-electron chi connectivity index (χ4n) is 2.64. The summed E-state index contributed by atoms with van der Waals surface area (Å²) in [5.41, 5.74) is 0. The summed E-state index contributed by atoms with van der Waals surface area (Å²) in [4.78, 5) is 15.5. The van der Waals surface area contributed by atoms with Gasteiger partial charge < -0.3 is 14.1 Å². The van der Waals surface area contributed by atoms with Gasteiger partial charge in [-0.05, 0) is 25.7 Å². The third kappa shape index (κ3) is 24.8. The van der Waals surface area contributed by atoms with E-state index in [0.29, 0.717) is 0 Å². The van der Waals surface area contributed by atoms with Gasteiger partial charge in [-0.15, -0.1) is 0 Å². The SMILES string of the molecule is CCCC[N+](CCCC)(CCCC)CCCC.[CH-]=O.[CH-]=O.[Cl][Rh+][Cl]. The molecule has 0 heterocycles. The van der Waals surface area contributed by atoms with Crippen molar-refractivity contribution in [3.63, 3.8) is 0 Å². The van der Waals surface area contributed by atoms with Crippen LogP contribution in [-0.2, 0) is 24.7 Å². The van der Waals surface area contributed by atoms with Crippen LogP contribution in [0, 0.1) is 0 Å². The normalized spacial score (nSPS) is 9.75. The predicted molar refractivity (Wildman–Crippen MR) is 105 cm³/mol. The van der Waals surface area contributed by atoms with Crippen molar-refractivity contribution >= 4 is 33.0 Å². The van der Waals surface area contributed by atoms with Gasteiger partial charge in [0.05, 0.1) is 26.2 Å². The molecule has 0 saturated carbocycles. The van der Waals surface area contributed by atoms with E-state index in [1.807, 2.05) is 0 Å². The molecule has 150 valence electrons. The standard InChI is InChI=1S/C16H36N.2CHO.2ClH.Rh/c1-5-9-13-17(14-10-6-2,15-11-7-3)16-12-8-4;2*1-2;;;/h5-16H2,1-4H3;2*1H;2*1H;/q+1;2*-1;;;+3/p-2. The average molecular weight is 474 g/mol. The molecular weight excluding hydrogens is 436 g/mol. The third-order valence-electron chi connectivity index (χ3n) is 3.94. The van der Waals surface area contributed by atoms with E-state index in [-0.39, 0.29) is 15.1 Å². The van der Waals surface area contributed by atoms with Gasteiger partial charge in [-0.3, -0.25) is 13.6 Å². The molecule has 0 bridgehead atoms. The molecule has 3 nitrogen and oxygen atoms in total. The molecule has 0 unspecified atom stereocenters. The van der Waals surface area contributed by atoms with Crippen molar-refractivity contribution in [2.45, 2.75) is 79.1 Å². The third-order valence-corrected chi connectivity index (χ3v) is 3.94. The molecule has 0 aliphatic rings. The second kappa shape index (κ2) is 31.3. The van der Waals surface area contributed by atoms with Crippen LogP contribution >= 0.6 is 19.4 Å². The second-order valence-electron chi connectivity index (χ2n) is 5.70. The zero-order valence-electron chi connectivity index (χ0n) is 16.0. The molecule has 0 aromatic heterocycles. The zero-order valence-corrected chi connectivity index (χ0v) is 19.1. The Balaban J connectivity index is -0.000000247. The summed E-state index contributed by atoms with van der Waals surface area (Å²) in [6.45, 7) is 21.5. The van der Waals surface area contributed by atoms with E-state index in [0.717, 1.165) is 0 Å². The Kier molecular flexibility index (Phi) is 42.0. The van der Waals surface area contributed by atoms with E-state index < -0.39 is 0 Å². The minimum atomic E-state index is -0.226. The molecule has 0 amide bonds. The van der Waals surface area contributed by atoms with Gasteiger partial charge in [-0.2, -0.15) is 0 Å². The molecule has 0 aliphatic carbocycles. The van der Waals surface area contributed by atoms with Gasteiger partial charge in [0.15, 0.2) is 0 Å². The molecule has 0 aromatic rings. The molecule has 0 fully saturated rings. The van der Waals surface area contributed by atoms with E-state index in [1.54, 1.807) is 0 Å². The summed E-state index contributed by atoms with van der Waals surface area (Å²) in [5.74, 6) is 0. The topological polar surface area (TPSA) is 34.1 Å². The molecule has 0 aliphatic heterocycles. The minimum absolute atomic E-state index is 0.226. The van der Waals surface area contributed by atoms with Gasteiger partial charge in [0.1, 0.15) is 0 Å². The maximum atomic E-state index is 7.75. The predicted octanol–water partition coefficient (Wildman–Crippen LogP) is 5.83. The van der Waals surface area contributed by atoms with Gasteiger partial charge >= 0.3 is 34.5 Å². The fourth-order valence-corrected chi connectivity index (χ4v) is 2.64. The van der Waals surface area contributed by atoms with E-state index in [9.17, 15) is 0 Å². The molecule has 0 saturated heterocycles. The second-order valence-corrected chi connectivity index (χ2v) is 8.19. The monoisotopic (exact) mass is 473 g/mol. The zero-order chi connectivity index (χ0) is 19.7. The number of unbranched alkanes of at least 4 members (excludes halogenated alkanes) is 4. The number of hydrogen-bond donors (Lipinski definition) is 0. The molecule has 0 rings (SSSR count). The van der Waals surface area contributed by atoms with Crippen LogP contribution in [0.15, 0.2) is 0 Å². The Morgan fingerprint density at radius 3 is 0.917 bits per heavy atom. The summed E-state index contributed by atoms with van der Waals surface area (Å²) in [6, 6.07) is 0. The van der Waals surface area contributed by atoms with Crippen LogP contribution in [0.5, 0.6) is 0 Å². The summed E-state index contributed by atoms with van der Waals surface area (Å²) in [5, 5.41) is 0. The summed E-state index contributed by atoms with van der Waals surface area (Å²) in [7, 11) is 9.67. The van der Waals surface area contributed by atoms with Crippen molar-refractivity contribution in [2.24, 2.45) is 0 Å². The molecule has 24 heavy (non-hydrogen) atoms. The van der Waals surface area contributed by atoms with Crippen molar-refractivity contribution < 1.29 is 29.2 Å². The van der Waals surface area contributed by atoms with Crippen molar-refractivity contribution in [3.8, 4) is 0 Å². The number of nitrogens with zero attached hydrogens (tertiary/aromatic N) is 1. The van der Waals surface area contributed by atoms with Crippen LogP contribution in [-0.4, -0.2) is 44.2 Å². The Morgan fingerprint density at radius 2 is 0.792 bits per heavy atom. The van der Waals surface area contributed by atoms with E-state index in [1.165, 1.54) is 82.0 Å². The molecular formula is C18H38Cl2NO2Rh. The summed E-state index contributed by atoms with van der Waals surface area (Å²) in [6.07, 6.45) is 11.1. The first-order chi connectivity index (χ1) is 11.7. The fraction of sp³-hybridized carbons (Fsp3) is 0.889. The number of carbonyl (C=O) groups excluding carboxylic acids is 2. The maximum absolute atomic E-state index is 7.75. The van der Waals surface area contributed by atoms with Gasteiger partial charge in [-0.25, -0.2) is 0 Å². The number of quaternary nitrogens is 1. The van der Waals surface area contributed by atoms with Gasteiger partial charge in [-0.1, -0.05) is 53.4 Å². The van der Waals surface area contributed by atoms with Gasteiger partial charge in [0, 0.05) is 0 Å². The molecule has 6 heteroatoms. The van der Waals surface area contributed by atoms with Crippen molar-refractivity contribution in [3.05, 3.63) is 0 Å². The Morgan fingerprint density at radius 1 is 0.625 bits per heavy atom. The van der Waals surface area contributed by atoms with E-state index >= 15 is 0 Å². The molecule has 0 aromatic carbocycles. The number of rotatable bonds is 12. The van der Waals surface area contributed by atoms with E-state index in [4.69, 9.17) is 29.0 Å². The van der Waals surface area contributed by atoms with Crippen LogP contribution in [0.1, 0.15) is 79.1 Å². The van der Waals surface area contributed by atoms with Crippen molar-refractivity contribution in [1.29, 1.82) is 0 Å². The van der Waals surface area contributed by atoms with Crippen LogP contribution in [0.4, 0.5) is 0 Å². The number of hydrogen-bond acceptors (Lipinski definition) is 2. The number of halogens is 2. The van der Waals surface area contributed by atoms with Crippen LogP contribution in [0.3, 0.4) is 0 Å². The summed E-state index contributed by atoms with van der Waals surface area (Å²) >= 11 is -0.226. The molecule has 0 N–H and O–H groups in total. The molecule has 0 radical (unpaired) electrons. The van der Waals surface area contributed by atoms with Crippen LogP contribution < -0.4 is 0 Å². The van der Waals surface area contributed by atoms with Crippen LogP contribution in [0.2, 0.25) is 0 Å². The Hall–Kier alpha value is 0.503. The molecule has 0 spiro atoms. The summed E-state index contributed by atoms with van der Waals surface area (Å²) < 4.78 is 1.42. The van der Waals surface area contributed by atoms with Crippen LogP contribution in [0.25, 0.3) is 0 Å². The van der Waals surface area contributed by atoms with Crippen molar-refractivity contribution in [2.75, 3.05) is 26.2 Å². The Bertz CT molecular complexity index is 174. The van der Waals surface area contributed by atoms with E-state index in [2.05, 4.69) is 41.3 Å². The van der Waals surface area contributed by atoms with Crippen molar-refractivity contribution in [1.82, 2.24) is 0 Å². The Labute approximate surface area is 167 Å². The first-order valence-electron chi connectivity index (χ1n) is 8.82.